The Morgan fingerprint density at radius 1 is 1.03 bits per heavy atom. The molecule has 3 rings (SSSR count). The van der Waals surface area contributed by atoms with Crippen LogP contribution in [0.2, 0.25) is 5.02 Å². The number of benzene rings is 2. The van der Waals surface area contributed by atoms with Gasteiger partial charge in [0.05, 0.1) is 4.91 Å². The van der Waals surface area contributed by atoms with Gasteiger partial charge >= 0.3 is 0 Å². The number of unbranched alkanes of at least 4 members (excludes halogenated alkanes) is 2. The van der Waals surface area contributed by atoms with Crippen molar-refractivity contribution < 1.29 is 18.8 Å². The number of carbonyl (C=O) groups is 3. The zero-order chi connectivity index (χ0) is 23.8. The summed E-state index contributed by atoms with van der Waals surface area (Å²) < 4.78 is 13.4. The molecule has 0 saturated carbocycles. The van der Waals surface area contributed by atoms with Gasteiger partial charge in [-0.15, -0.1) is 0 Å². The van der Waals surface area contributed by atoms with Crippen molar-refractivity contribution in [1.29, 1.82) is 0 Å². The standard InChI is InChI=1S/C23H21ClFN3O3S2/c24-17-9-5-15(6-10-17)14-19-22(31)28(23(32)33-19)13-3-1-2-4-20(29)26-27-21(30)16-7-11-18(25)12-8-16/h5-12,14H,1-4,13H2,(H,26,29)(H,27,30)/b19-14-. The van der Waals surface area contributed by atoms with Crippen LogP contribution >= 0.6 is 35.6 Å². The van der Waals surface area contributed by atoms with Crippen LogP contribution in [-0.4, -0.2) is 33.5 Å². The number of nitrogens with one attached hydrogen (secondary N) is 2. The molecule has 6 nitrogen and oxygen atoms in total. The van der Waals surface area contributed by atoms with E-state index in [1.165, 1.54) is 36.0 Å². The van der Waals surface area contributed by atoms with Gasteiger partial charge in [0.25, 0.3) is 11.8 Å². The maximum atomic E-state index is 12.9. The Kier molecular flexibility index (Phi) is 8.99. The number of hydrazine groups is 1. The Hall–Kier alpha value is -2.75. The lowest BCUT2D eigenvalue weighted by atomic mass is 10.2. The maximum absolute atomic E-state index is 12.9. The molecule has 0 spiro atoms. The third-order valence-electron chi connectivity index (χ3n) is 4.75. The second kappa shape index (κ2) is 11.9. The molecule has 1 saturated heterocycles. The second-order valence-corrected chi connectivity index (χ2v) is 9.32. The summed E-state index contributed by atoms with van der Waals surface area (Å²) in [5, 5.41) is 0.628. The topological polar surface area (TPSA) is 78.5 Å². The fourth-order valence-electron chi connectivity index (χ4n) is 3.00. The maximum Gasteiger partial charge on any atom is 0.269 e. The Labute approximate surface area is 205 Å². The molecule has 2 aromatic carbocycles. The van der Waals surface area contributed by atoms with Crippen molar-refractivity contribution in [3.05, 3.63) is 75.4 Å². The molecule has 2 aromatic rings. The molecular weight excluding hydrogens is 485 g/mol. The summed E-state index contributed by atoms with van der Waals surface area (Å²) >= 11 is 12.5. The Morgan fingerprint density at radius 3 is 2.42 bits per heavy atom. The first kappa shape index (κ1) is 24.9. The summed E-state index contributed by atoms with van der Waals surface area (Å²) in [6, 6.07) is 12.2. The van der Waals surface area contributed by atoms with Crippen molar-refractivity contribution in [2.45, 2.75) is 25.7 Å². The van der Waals surface area contributed by atoms with E-state index in [4.69, 9.17) is 23.8 Å². The van der Waals surface area contributed by atoms with Gasteiger partial charge in [-0.25, -0.2) is 4.39 Å². The first-order valence-electron chi connectivity index (χ1n) is 10.2. The van der Waals surface area contributed by atoms with Gasteiger partial charge < -0.3 is 0 Å². The van der Waals surface area contributed by atoms with Crippen LogP contribution in [0.3, 0.4) is 0 Å². The number of hydrogen-bond acceptors (Lipinski definition) is 5. The number of amides is 3. The van der Waals surface area contributed by atoms with E-state index >= 15 is 0 Å². The van der Waals surface area contributed by atoms with Crippen LogP contribution in [0.25, 0.3) is 6.08 Å². The molecule has 1 aliphatic heterocycles. The molecule has 0 aliphatic carbocycles. The monoisotopic (exact) mass is 505 g/mol. The molecule has 1 aliphatic rings. The fourth-order valence-corrected chi connectivity index (χ4v) is 4.43. The van der Waals surface area contributed by atoms with E-state index in [9.17, 15) is 18.8 Å². The molecule has 1 heterocycles. The van der Waals surface area contributed by atoms with E-state index in [-0.39, 0.29) is 23.8 Å². The van der Waals surface area contributed by atoms with Gasteiger partial charge in [-0.3, -0.25) is 30.1 Å². The van der Waals surface area contributed by atoms with Crippen LogP contribution in [-0.2, 0) is 9.59 Å². The summed E-state index contributed by atoms with van der Waals surface area (Å²) in [6.45, 7) is 0.478. The minimum absolute atomic E-state index is 0.124. The summed E-state index contributed by atoms with van der Waals surface area (Å²) in [7, 11) is 0. The van der Waals surface area contributed by atoms with Crippen molar-refractivity contribution in [3.63, 3.8) is 0 Å². The quantitative estimate of drug-likeness (QED) is 0.235. The van der Waals surface area contributed by atoms with E-state index in [1.54, 1.807) is 23.1 Å². The molecule has 3 amide bonds. The lowest BCUT2D eigenvalue weighted by Gasteiger charge is -2.14. The van der Waals surface area contributed by atoms with Gasteiger partial charge in [0.1, 0.15) is 10.1 Å². The lowest BCUT2D eigenvalue weighted by molar-refractivity contribution is -0.123. The van der Waals surface area contributed by atoms with Gasteiger partial charge in [-0.05, 0) is 60.9 Å². The zero-order valence-corrected chi connectivity index (χ0v) is 19.9. The number of halogens is 2. The van der Waals surface area contributed by atoms with Crippen LogP contribution in [0.1, 0.15) is 41.6 Å². The smallest absolute Gasteiger partial charge is 0.269 e. The lowest BCUT2D eigenvalue weighted by Crippen LogP contribution is -2.41. The number of nitrogens with zero attached hydrogens (tertiary/aromatic N) is 1. The summed E-state index contributed by atoms with van der Waals surface area (Å²) in [6.07, 6.45) is 4.01. The largest absolute Gasteiger partial charge is 0.293 e. The van der Waals surface area contributed by atoms with E-state index in [1.807, 2.05) is 12.1 Å². The van der Waals surface area contributed by atoms with Crippen molar-refractivity contribution in [2.75, 3.05) is 6.54 Å². The van der Waals surface area contributed by atoms with Crippen LogP contribution in [0.4, 0.5) is 4.39 Å². The molecule has 172 valence electrons. The number of thiocarbonyl (C=S) groups is 1. The minimum atomic E-state index is -0.524. The number of carbonyl (C=O) groups excluding carboxylic acids is 3. The highest BCUT2D eigenvalue weighted by molar-refractivity contribution is 8.26. The molecule has 10 heteroatoms. The average molecular weight is 506 g/mol. The first-order chi connectivity index (χ1) is 15.8. The van der Waals surface area contributed by atoms with Crippen molar-refractivity contribution >= 4 is 63.7 Å². The minimum Gasteiger partial charge on any atom is -0.293 e. The molecule has 1 fully saturated rings. The highest BCUT2D eigenvalue weighted by atomic mass is 35.5. The molecule has 0 aromatic heterocycles. The SMILES string of the molecule is O=C(CCCCCN1C(=O)/C(=C/c2ccc(Cl)cc2)SC1=S)NNC(=O)c1ccc(F)cc1. The Bertz CT molecular complexity index is 1080. The molecule has 33 heavy (non-hydrogen) atoms. The molecule has 0 unspecified atom stereocenters. The first-order valence-corrected chi connectivity index (χ1v) is 11.8. The van der Waals surface area contributed by atoms with Gasteiger partial charge in [0.2, 0.25) is 5.91 Å². The summed E-state index contributed by atoms with van der Waals surface area (Å²) in [5.41, 5.74) is 5.75. The van der Waals surface area contributed by atoms with Crippen LogP contribution < -0.4 is 10.9 Å². The van der Waals surface area contributed by atoms with Gasteiger partial charge in [-0.2, -0.15) is 0 Å². The van der Waals surface area contributed by atoms with Crippen LogP contribution in [0.15, 0.2) is 53.4 Å². The Balaban J connectivity index is 1.35. The number of thioether (sulfide) groups is 1. The highest BCUT2D eigenvalue weighted by Crippen LogP contribution is 2.32. The van der Waals surface area contributed by atoms with E-state index in [0.717, 1.165) is 5.56 Å². The van der Waals surface area contributed by atoms with Crippen molar-refractivity contribution in [3.8, 4) is 0 Å². The zero-order valence-electron chi connectivity index (χ0n) is 17.5. The predicted octanol–water partition coefficient (Wildman–Crippen LogP) is 4.70. The fraction of sp³-hybridized carbons (Fsp3) is 0.217. The average Bonchev–Trinajstić information content (AvgIpc) is 3.06. The molecule has 0 bridgehead atoms. The molecule has 0 radical (unpaired) electrons. The van der Waals surface area contributed by atoms with Crippen molar-refractivity contribution in [1.82, 2.24) is 15.8 Å². The Morgan fingerprint density at radius 2 is 1.73 bits per heavy atom. The van der Waals surface area contributed by atoms with E-state index < -0.39 is 11.7 Å². The summed E-state index contributed by atoms with van der Waals surface area (Å²) in [4.78, 5) is 38.6. The second-order valence-electron chi connectivity index (χ2n) is 7.20. The normalized spacial score (nSPS) is 14.6. The van der Waals surface area contributed by atoms with Gasteiger partial charge in [-0.1, -0.05) is 54.1 Å². The van der Waals surface area contributed by atoms with Crippen LogP contribution in [0, 0.1) is 5.82 Å². The molecule has 0 atom stereocenters. The molecule has 2 N–H and O–H groups in total. The summed E-state index contributed by atoms with van der Waals surface area (Å²) in [5.74, 6) is -1.42. The highest BCUT2D eigenvalue weighted by Gasteiger charge is 2.31. The van der Waals surface area contributed by atoms with E-state index in [2.05, 4.69) is 10.9 Å². The van der Waals surface area contributed by atoms with Gasteiger partial charge in [0.15, 0.2) is 0 Å². The predicted molar refractivity (Wildman–Crippen MR) is 132 cm³/mol. The number of rotatable bonds is 8. The van der Waals surface area contributed by atoms with Gasteiger partial charge in [0, 0.05) is 23.6 Å². The van der Waals surface area contributed by atoms with Crippen molar-refractivity contribution in [2.24, 2.45) is 0 Å². The number of hydrogen-bond donors (Lipinski definition) is 2. The van der Waals surface area contributed by atoms with E-state index in [0.29, 0.717) is 40.1 Å². The molecular formula is C23H21ClFN3O3S2. The van der Waals surface area contributed by atoms with Crippen LogP contribution in [0.5, 0.6) is 0 Å². The third-order valence-corrected chi connectivity index (χ3v) is 6.38. The third kappa shape index (κ3) is 7.38.